The minimum absolute atomic E-state index is 0.522. The van der Waals surface area contributed by atoms with Crippen molar-refractivity contribution in [2.75, 3.05) is 0 Å². The first-order valence-electron chi connectivity index (χ1n) is 13.4. The van der Waals surface area contributed by atoms with Crippen LogP contribution in [0.15, 0.2) is 66.9 Å². The van der Waals surface area contributed by atoms with Crippen molar-refractivity contribution in [3.63, 3.8) is 0 Å². The zero-order chi connectivity index (χ0) is 23.3. The van der Waals surface area contributed by atoms with Crippen LogP contribution in [-0.4, -0.2) is 4.57 Å². The summed E-state index contributed by atoms with van der Waals surface area (Å²) in [5, 5.41) is 0. The van der Waals surface area contributed by atoms with Crippen LogP contribution in [-0.2, 0) is 25.9 Å². The number of nitrogens with zero attached hydrogens (tertiary/aromatic N) is 2. The van der Waals surface area contributed by atoms with Crippen LogP contribution in [0.25, 0.3) is 0 Å². The van der Waals surface area contributed by atoms with Gasteiger partial charge in [-0.15, -0.1) is 0 Å². The highest BCUT2D eigenvalue weighted by atomic mass is 15.2. The van der Waals surface area contributed by atoms with Crippen molar-refractivity contribution in [3.05, 3.63) is 89.5 Å². The van der Waals surface area contributed by atoms with E-state index in [2.05, 4.69) is 96.8 Å². The molecule has 2 heteroatoms. The number of aryl methyl sites for hydroxylation is 1. The van der Waals surface area contributed by atoms with Crippen molar-refractivity contribution in [2.24, 2.45) is 0 Å². The molecule has 0 N–H and O–H groups in total. The summed E-state index contributed by atoms with van der Waals surface area (Å²) < 4.78 is 5.15. The van der Waals surface area contributed by atoms with Gasteiger partial charge in [0.1, 0.15) is 11.9 Å². The average molecular weight is 446 g/mol. The molecule has 0 spiro atoms. The minimum Gasteiger partial charge on any atom is -0.234 e. The zero-order valence-electron chi connectivity index (χ0n) is 21.3. The summed E-state index contributed by atoms with van der Waals surface area (Å²) in [4.78, 5) is 0. The molecule has 0 fully saturated rings. The van der Waals surface area contributed by atoms with Crippen LogP contribution in [0.4, 0.5) is 0 Å². The zero-order valence-corrected chi connectivity index (χ0v) is 21.3. The van der Waals surface area contributed by atoms with Crippen molar-refractivity contribution in [1.82, 2.24) is 4.57 Å². The summed E-state index contributed by atoms with van der Waals surface area (Å²) in [5.74, 6) is 1.98. The number of aromatic nitrogens is 2. The Labute approximate surface area is 202 Å². The average Bonchev–Trinajstić information content (AvgIpc) is 3.17. The van der Waals surface area contributed by atoms with Crippen LogP contribution in [0.5, 0.6) is 0 Å². The van der Waals surface area contributed by atoms with E-state index >= 15 is 0 Å². The van der Waals surface area contributed by atoms with E-state index in [4.69, 9.17) is 0 Å². The summed E-state index contributed by atoms with van der Waals surface area (Å²) in [6.07, 6.45) is 15.5. The van der Waals surface area contributed by atoms with E-state index in [1.165, 1.54) is 74.0 Å². The van der Waals surface area contributed by atoms with Crippen molar-refractivity contribution < 1.29 is 4.57 Å². The van der Waals surface area contributed by atoms with Gasteiger partial charge >= 0.3 is 0 Å². The molecule has 0 saturated heterocycles. The topological polar surface area (TPSA) is 8.81 Å². The predicted molar refractivity (Wildman–Crippen MR) is 141 cm³/mol. The first-order valence-corrected chi connectivity index (χ1v) is 13.4. The molecule has 1 aromatic heterocycles. The van der Waals surface area contributed by atoms with Crippen molar-refractivity contribution in [3.8, 4) is 0 Å². The van der Waals surface area contributed by atoms with Gasteiger partial charge in [-0.05, 0) is 36.8 Å². The molecule has 1 atom stereocenters. The molecule has 0 aliphatic rings. The highest BCUT2D eigenvalue weighted by Crippen LogP contribution is 2.20. The molecular weight excluding hydrogens is 400 g/mol. The van der Waals surface area contributed by atoms with Crippen LogP contribution >= 0.6 is 0 Å². The Bertz CT molecular complexity index is 911. The van der Waals surface area contributed by atoms with Gasteiger partial charge in [0.2, 0.25) is 0 Å². The normalized spacial score (nSPS) is 12.2. The van der Waals surface area contributed by atoms with E-state index in [0.717, 1.165) is 25.9 Å². The highest BCUT2D eigenvalue weighted by Gasteiger charge is 2.24. The number of rotatable bonds is 15. The van der Waals surface area contributed by atoms with E-state index in [9.17, 15) is 0 Å². The van der Waals surface area contributed by atoms with E-state index in [0.29, 0.717) is 5.92 Å². The smallest absolute Gasteiger partial charge is 0.234 e. The number of hydrogen-bond acceptors (Lipinski definition) is 0. The summed E-state index contributed by atoms with van der Waals surface area (Å²) >= 11 is 0. The van der Waals surface area contributed by atoms with Crippen molar-refractivity contribution >= 4 is 0 Å². The number of unbranched alkanes of at least 4 members (excludes halogenated alkanes) is 7. The molecule has 0 radical (unpaired) electrons. The number of benzene rings is 2. The van der Waals surface area contributed by atoms with Gasteiger partial charge in [-0.25, -0.2) is 9.13 Å². The molecular formula is C31H45N2+. The second-order valence-electron chi connectivity index (χ2n) is 9.63. The van der Waals surface area contributed by atoms with Gasteiger partial charge in [-0.1, -0.05) is 113 Å². The lowest BCUT2D eigenvalue weighted by molar-refractivity contribution is -0.710. The molecule has 2 aromatic carbocycles. The fourth-order valence-corrected chi connectivity index (χ4v) is 4.95. The molecule has 0 bridgehead atoms. The molecule has 0 aliphatic heterocycles. The van der Waals surface area contributed by atoms with E-state index in [1.54, 1.807) is 0 Å². The molecule has 0 amide bonds. The maximum absolute atomic E-state index is 2.66. The molecule has 1 unspecified atom stereocenters. The number of hydrogen-bond donors (Lipinski definition) is 0. The quantitative estimate of drug-likeness (QED) is 0.166. The van der Waals surface area contributed by atoms with E-state index in [1.807, 2.05) is 0 Å². The third kappa shape index (κ3) is 7.88. The van der Waals surface area contributed by atoms with Crippen LogP contribution < -0.4 is 4.57 Å². The lowest BCUT2D eigenvalue weighted by Crippen LogP contribution is -2.41. The molecule has 2 nitrogen and oxygen atoms in total. The second-order valence-corrected chi connectivity index (χ2v) is 9.63. The highest BCUT2D eigenvalue weighted by molar-refractivity contribution is 5.21. The molecule has 33 heavy (non-hydrogen) atoms. The summed E-state index contributed by atoms with van der Waals surface area (Å²) in [6.45, 7) is 9.11. The van der Waals surface area contributed by atoms with Gasteiger partial charge in [0.25, 0.3) is 5.82 Å². The van der Waals surface area contributed by atoms with Crippen molar-refractivity contribution in [1.29, 1.82) is 0 Å². The third-order valence-electron chi connectivity index (χ3n) is 6.96. The Morgan fingerprint density at radius 3 is 2.00 bits per heavy atom. The van der Waals surface area contributed by atoms with Crippen LogP contribution in [0.1, 0.15) is 101 Å². The lowest BCUT2D eigenvalue weighted by Gasteiger charge is -2.12. The first kappa shape index (κ1) is 25.3. The fourth-order valence-electron chi connectivity index (χ4n) is 4.95. The molecule has 3 rings (SSSR count). The number of imidazole rings is 1. The van der Waals surface area contributed by atoms with Gasteiger partial charge in [-0.2, -0.15) is 0 Å². The Kier molecular flexibility index (Phi) is 10.7. The summed E-state index contributed by atoms with van der Waals surface area (Å²) in [5.41, 5.74) is 4.32. The van der Waals surface area contributed by atoms with Crippen LogP contribution in [0, 0.1) is 0 Å². The molecule has 3 aromatic rings. The van der Waals surface area contributed by atoms with E-state index in [-0.39, 0.29) is 0 Å². The molecule has 1 heterocycles. The largest absolute Gasteiger partial charge is 0.261 e. The standard InChI is InChI=1S/C31H45N2/c1-4-6-7-8-9-10-11-18-23-33-30(24-27(3)29-21-16-13-17-22-29)26-32(5-2)31(33)25-28-19-14-12-15-20-28/h12-17,19-22,26-27H,4-11,18,23-25H2,1-3H3/q+1. The Balaban J connectivity index is 1.73. The Morgan fingerprint density at radius 2 is 1.36 bits per heavy atom. The third-order valence-corrected chi connectivity index (χ3v) is 6.96. The molecule has 0 aliphatic carbocycles. The maximum Gasteiger partial charge on any atom is 0.261 e. The summed E-state index contributed by atoms with van der Waals surface area (Å²) in [6, 6.07) is 22.0. The Morgan fingerprint density at radius 1 is 0.758 bits per heavy atom. The van der Waals surface area contributed by atoms with E-state index < -0.39 is 0 Å². The van der Waals surface area contributed by atoms with Gasteiger partial charge in [-0.3, -0.25) is 0 Å². The fraction of sp³-hybridized carbons (Fsp3) is 0.516. The minimum atomic E-state index is 0.522. The second kappa shape index (κ2) is 14.0. The van der Waals surface area contributed by atoms with Crippen LogP contribution in [0.3, 0.4) is 0 Å². The first-order chi connectivity index (χ1) is 16.2. The predicted octanol–water partition coefficient (Wildman–Crippen LogP) is 7.87. The molecule has 0 saturated carbocycles. The Hall–Kier alpha value is -2.35. The molecule has 178 valence electrons. The SMILES string of the molecule is CCCCCCCCCC[n+]1c(CC(C)c2ccccc2)cn(CC)c1Cc1ccccc1. The lowest BCUT2D eigenvalue weighted by atomic mass is 9.96. The van der Waals surface area contributed by atoms with Gasteiger partial charge < -0.3 is 0 Å². The van der Waals surface area contributed by atoms with Gasteiger partial charge in [0, 0.05) is 6.42 Å². The maximum atomic E-state index is 2.66. The monoisotopic (exact) mass is 445 g/mol. The van der Waals surface area contributed by atoms with Crippen molar-refractivity contribution in [2.45, 2.75) is 104 Å². The van der Waals surface area contributed by atoms with Gasteiger partial charge in [0.05, 0.1) is 19.5 Å². The van der Waals surface area contributed by atoms with Gasteiger partial charge in [0.15, 0.2) is 0 Å². The summed E-state index contributed by atoms with van der Waals surface area (Å²) in [7, 11) is 0. The van der Waals surface area contributed by atoms with Crippen LogP contribution in [0.2, 0.25) is 0 Å².